The monoisotopic (exact) mass is 468 g/mol. The van der Waals surface area contributed by atoms with Gasteiger partial charge in [0.15, 0.2) is 0 Å². The average Bonchev–Trinajstić information content (AvgIpc) is 3.50. The summed E-state index contributed by atoms with van der Waals surface area (Å²) in [6.45, 7) is 6.27. The molecule has 1 saturated heterocycles. The zero-order valence-electron chi connectivity index (χ0n) is 19.1. The van der Waals surface area contributed by atoms with E-state index >= 15 is 0 Å². The van der Waals surface area contributed by atoms with Crippen molar-refractivity contribution in [3.8, 4) is 17.2 Å². The van der Waals surface area contributed by atoms with Crippen molar-refractivity contribution < 1.29 is 14.3 Å². The molecule has 0 aliphatic carbocycles. The fourth-order valence-electron chi connectivity index (χ4n) is 4.00. The highest BCUT2D eigenvalue weighted by Crippen LogP contribution is 2.29. The number of nitrogens with one attached hydrogen (secondary N) is 1. The first kappa shape index (κ1) is 23.1. The lowest BCUT2D eigenvalue weighted by molar-refractivity contribution is -0.127. The van der Waals surface area contributed by atoms with Gasteiger partial charge in [0.2, 0.25) is 5.91 Å². The highest BCUT2D eigenvalue weighted by molar-refractivity contribution is 7.12. The zero-order chi connectivity index (χ0) is 23.4. The number of ether oxygens (including phenoxy) is 1. The van der Waals surface area contributed by atoms with Crippen molar-refractivity contribution in [2.45, 2.75) is 39.7 Å². The fourth-order valence-corrected chi connectivity index (χ4v) is 4.94. The minimum absolute atomic E-state index is 0.190. The summed E-state index contributed by atoms with van der Waals surface area (Å²) in [7, 11) is 1.57. The lowest BCUT2D eigenvalue weighted by Crippen LogP contribution is -2.31. The zero-order valence-corrected chi connectivity index (χ0v) is 19.9. The van der Waals surface area contributed by atoms with Crippen LogP contribution in [0.5, 0.6) is 0 Å². The van der Waals surface area contributed by atoms with Gasteiger partial charge in [0.1, 0.15) is 0 Å². The number of aryl methyl sites for hydroxylation is 2. The van der Waals surface area contributed by atoms with Gasteiger partial charge < -0.3 is 15.0 Å². The molecule has 2 amide bonds. The van der Waals surface area contributed by atoms with E-state index in [1.165, 1.54) is 16.0 Å². The van der Waals surface area contributed by atoms with E-state index in [0.29, 0.717) is 43.1 Å². The SMILES string of the molecule is COCc1c(C(=O)NCCCN2CCCC2=O)cnn1-c1nccc(-c2cc(C)sc2C)n1. The predicted molar refractivity (Wildman–Crippen MR) is 125 cm³/mol. The van der Waals surface area contributed by atoms with Gasteiger partial charge in [0.25, 0.3) is 11.9 Å². The van der Waals surface area contributed by atoms with Crippen molar-refractivity contribution in [3.63, 3.8) is 0 Å². The number of hydrogen-bond acceptors (Lipinski definition) is 7. The molecule has 4 heterocycles. The standard InChI is InChI=1S/C23H28N6O3S/c1-15-12-17(16(2)33-15)19-7-9-25-23(27-19)29-20(14-32-3)18(13-26-29)22(31)24-8-5-11-28-10-4-6-21(28)30/h7,9,12-13H,4-6,8,10-11,14H2,1-3H3,(H,24,31). The number of hydrogen-bond donors (Lipinski definition) is 1. The third-order valence-corrected chi connectivity index (χ3v) is 6.57. The Hall–Kier alpha value is -3.11. The molecule has 0 spiro atoms. The summed E-state index contributed by atoms with van der Waals surface area (Å²) >= 11 is 1.73. The van der Waals surface area contributed by atoms with Crippen LogP contribution < -0.4 is 5.32 Å². The molecule has 1 aliphatic rings. The number of nitrogens with zero attached hydrogens (tertiary/aromatic N) is 5. The second kappa shape index (κ2) is 10.2. The van der Waals surface area contributed by atoms with Crippen molar-refractivity contribution >= 4 is 23.2 Å². The summed E-state index contributed by atoms with van der Waals surface area (Å²) in [5.74, 6) is 0.343. The van der Waals surface area contributed by atoms with E-state index in [9.17, 15) is 9.59 Å². The topological polar surface area (TPSA) is 102 Å². The Morgan fingerprint density at radius 3 is 2.88 bits per heavy atom. The summed E-state index contributed by atoms with van der Waals surface area (Å²) in [6, 6.07) is 3.98. The molecule has 1 aliphatic heterocycles. The molecule has 4 rings (SSSR count). The van der Waals surface area contributed by atoms with Gasteiger partial charge in [0, 0.05) is 54.7 Å². The average molecular weight is 469 g/mol. The molecule has 33 heavy (non-hydrogen) atoms. The Labute approximate surface area is 196 Å². The first-order valence-corrected chi connectivity index (χ1v) is 11.8. The van der Waals surface area contributed by atoms with Crippen LogP contribution in [0.25, 0.3) is 17.2 Å². The number of carbonyl (C=O) groups excluding carboxylic acids is 2. The minimum Gasteiger partial charge on any atom is -0.378 e. The molecular weight excluding hydrogens is 440 g/mol. The number of thiophene rings is 1. The van der Waals surface area contributed by atoms with Crippen molar-refractivity contribution in [3.05, 3.63) is 45.5 Å². The molecular formula is C23H28N6O3S. The molecule has 1 fully saturated rings. The molecule has 0 saturated carbocycles. The number of methoxy groups -OCH3 is 1. The molecule has 0 unspecified atom stereocenters. The summed E-state index contributed by atoms with van der Waals surface area (Å²) in [4.78, 5) is 37.9. The lowest BCUT2D eigenvalue weighted by Gasteiger charge is -2.15. The molecule has 10 heteroatoms. The molecule has 9 nitrogen and oxygen atoms in total. The van der Waals surface area contributed by atoms with E-state index in [4.69, 9.17) is 9.72 Å². The number of amides is 2. The summed E-state index contributed by atoms with van der Waals surface area (Å²) in [6.07, 6.45) is 5.46. The first-order chi connectivity index (χ1) is 16.0. The molecule has 0 atom stereocenters. The maximum absolute atomic E-state index is 12.8. The molecule has 0 radical (unpaired) electrons. The summed E-state index contributed by atoms with van der Waals surface area (Å²) in [5, 5.41) is 7.31. The lowest BCUT2D eigenvalue weighted by atomic mass is 10.2. The third kappa shape index (κ3) is 5.12. The Morgan fingerprint density at radius 1 is 1.33 bits per heavy atom. The maximum atomic E-state index is 12.8. The Kier molecular flexibility index (Phi) is 7.14. The Balaban J connectivity index is 1.49. The maximum Gasteiger partial charge on any atom is 0.254 e. The molecule has 0 bridgehead atoms. The van der Waals surface area contributed by atoms with Crippen LogP contribution in [0, 0.1) is 13.8 Å². The van der Waals surface area contributed by atoms with Crippen molar-refractivity contribution in [2.24, 2.45) is 0 Å². The van der Waals surface area contributed by atoms with Crippen LogP contribution in [0.1, 0.15) is 45.1 Å². The van der Waals surface area contributed by atoms with E-state index in [-0.39, 0.29) is 18.4 Å². The molecule has 3 aromatic rings. The second-order valence-corrected chi connectivity index (χ2v) is 9.47. The molecule has 0 aromatic carbocycles. The van der Waals surface area contributed by atoms with Gasteiger partial charge in [-0.15, -0.1) is 11.3 Å². The van der Waals surface area contributed by atoms with Crippen LogP contribution in [0.15, 0.2) is 24.5 Å². The van der Waals surface area contributed by atoms with Gasteiger partial charge in [-0.25, -0.2) is 9.97 Å². The van der Waals surface area contributed by atoms with E-state index in [1.54, 1.807) is 29.3 Å². The fraction of sp³-hybridized carbons (Fsp3) is 0.435. The van der Waals surface area contributed by atoms with E-state index in [1.807, 2.05) is 11.0 Å². The van der Waals surface area contributed by atoms with E-state index < -0.39 is 0 Å². The van der Waals surface area contributed by atoms with Gasteiger partial charge in [0.05, 0.1) is 29.8 Å². The Morgan fingerprint density at radius 2 is 2.18 bits per heavy atom. The van der Waals surface area contributed by atoms with Crippen LogP contribution in [-0.2, 0) is 16.1 Å². The first-order valence-electron chi connectivity index (χ1n) is 11.0. The van der Waals surface area contributed by atoms with Crippen LogP contribution in [0.2, 0.25) is 0 Å². The summed E-state index contributed by atoms with van der Waals surface area (Å²) < 4.78 is 6.90. The van der Waals surface area contributed by atoms with Crippen molar-refractivity contribution in [2.75, 3.05) is 26.7 Å². The number of aromatic nitrogens is 4. The van der Waals surface area contributed by atoms with Gasteiger partial charge >= 0.3 is 0 Å². The largest absolute Gasteiger partial charge is 0.378 e. The number of carbonyl (C=O) groups is 2. The third-order valence-electron chi connectivity index (χ3n) is 5.61. The van der Waals surface area contributed by atoms with Crippen LogP contribution in [-0.4, -0.2) is 63.2 Å². The normalized spacial score (nSPS) is 13.7. The van der Waals surface area contributed by atoms with Crippen LogP contribution >= 0.6 is 11.3 Å². The van der Waals surface area contributed by atoms with E-state index in [2.05, 4.69) is 35.3 Å². The molecule has 174 valence electrons. The second-order valence-electron chi connectivity index (χ2n) is 8.01. The van der Waals surface area contributed by atoms with Crippen molar-refractivity contribution in [1.82, 2.24) is 30.0 Å². The quantitative estimate of drug-likeness (QED) is 0.485. The summed E-state index contributed by atoms with van der Waals surface area (Å²) in [5.41, 5.74) is 2.88. The smallest absolute Gasteiger partial charge is 0.254 e. The predicted octanol–water partition coefficient (Wildman–Crippen LogP) is 2.90. The molecule has 3 aromatic heterocycles. The highest BCUT2D eigenvalue weighted by Gasteiger charge is 2.21. The van der Waals surface area contributed by atoms with Crippen LogP contribution in [0.4, 0.5) is 0 Å². The highest BCUT2D eigenvalue weighted by atomic mass is 32.1. The van der Waals surface area contributed by atoms with Gasteiger partial charge in [-0.05, 0) is 38.8 Å². The van der Waals surface area contributed by atoms with Gasteiger partial charge in [-0.3, -0.25) is 9.59 Å². The van der Waals surface area contributed by atoms with Crippen molar-refractivity contribution in [1.29, 1.82) is 0 Å². The number of rotatable bonds is 9. The number of likely N-dealkylation sites (tertiary alicyclic amines) is 1. The Bertz CT molecular complexity index is 1160. The van der Waals surface area contributed by atoms with E-state index in [0.717, 1.165) is 24.2 Å². The van der Waals surface area contributed by atoms with Crippen LogP contribution in [0.3, 0.4) is 0 Å². The molecule has 1 N–H and O–H groups in total. The van der Waals surface area contributed by atoms with Gasteiger partial charge in [-0.1, -0.05) is 0 Å². The minimum atomic E-state index is -0.235. The van der Waals surface area contributed by atoms with Gasteiger partial charge in [-0.2, -0.15) is 9.78 Å².